The highest BCUT2D eigenvalue weighted by molar-refractivity contribution is 7.89. The molecule has 0 amide bonds. The summed E-state index contributed by atoms with van der Waals surface area (Å²) in [5, 5.41) is 8.96. The van der Waals surface area contributed by atoms with E-state index >= 15 is 0 Å². The van der Waals surface area contributed by atoms with E-state index in [1.807, 2.05) is 6.07 Å². The van der Waals surface area contributed by atoms with Crippen LogP contribution in [-0.2, 0) is 10.0 Å². The van der Waals surface area contributed by atoms with Crippen LogP contribution in [0.4, 0.5) is 0 Å². The average molecular weight is 418 g/mol. The van der Waals surface area contributed by atoms with Crippen molar-refractivity contribution in [3.05, 3.63) is 47.5 Å². The Kier molecular flexibility index (Phi) is 7.20. The molecule has 2 aromatic rings. The van der Waals surface area contributed by atoms with E-state index in [2.05, 4.69) is 0 Å². The van der Waals surface area contributed by atoms with Crippen molar-refractivity contribution in [3.8, 4) is 23.3 Å². The van der Waals surface area contributed by atoms with Gasteiger partial charge in [-0.25, -0.2) is 13.2 Å². The predicted octanol–water partition coefficient (Wildman–Crippen LogP) is 2.83. The molecule has 2 aromatic carbocycles. The topological polar surface area (TPSA) is 106 Å². The van der Waals surface area contributed by atoms with Crippen LogP contribution in [-0.4, -0.2) is 46.0 Å². The van der Waals surface area contributed by atoms with Gasteiger partial charge in [0.1, 0.15) is 10.6 Å². The Labute approximate surface area is 170 Å². The molecule has 0 aliphatic rings. The van der Waals surface area contributed by atoms with Gasteiger partial charge in [0.25, 0.3) is 0 Å². The van der Waals surface area contributed by atoms with Crippen molar-refractivity contribution in [3.63, 3.8) is 0 Å². The van der Waals surface area contributed by atoms with E-state index in [-0.39, 0.29) is 40.8 Å². The number of nitriles is 1. The zero-order valence-corrected chi connectivity index (χ0v) is 17.4. The quantitative estimate of drug-likeness (QED) is 0.479. The molecule has 2 rings (SSSR count). The molecule has 8 nitrogen and oxygen atoms in total. The summed E-state index contributed by atoms with van der Waals surface area (Å²) in [7, 11) is -1.11. The molecule has 0 unspecified atom stereocenters. The van der Waals surface area contributed by atoms with E-state index < -0.39 is 16.0 Å². The van der Waals surface area contributed by atoms with Crippen LogP contribution >= 0.6 is 0 Å². The molecule has 0 heterocycles. The molecule has 0 saturated carbocycles. The van der Waals surface area contributed by atoms with Crippen LogP contribution in [0.1, 0.15) is 29.8 Å². The van der Waals surface area contributed by atoms with Crippen LogP contribution in [0.25, 0.3) is 0 Å². The maximum atomic E-state index is 12.9. The van der Waals surface area contributed by atoms with Gasteiger partial charge in [0.15, 0.2) is 11.5 Å². The number of hydrogen-bond acceptors (Lipinski definition) is 7. The Morgan fingerprint density at radius 3 is 2.17 bits per heavy atom. The second kappa shape index (κ2) is 9.41. The predicted molar refractivity (Wildman–Crippen MR) is 106 cm³/mol. The van der Waals surface area contributed by atoms with E-state index in [0.29, 0.717) is 5.56 Å². The standard InChI is InChI=1S/C20H22N2O6S/c1-5-22(6-2)29(24,25)19-12-15(8-10-17(19)26-3)20(23)28-16-9-7-14(13-21)11-18(16)27-4/h7-12H,5-6H2,1-4H3. The molecule has 0 saturated heterocycles. The van der Waals surface area contributed by atoms with Crippen LogP contribution in [0.2, 0.25) is 0 Å². The molecule has 154 valence electrons. The van der Waals surface area contributed by atoms with Crippen molar-refractivity contribution in [1.29, 1.82) is 5.26 Å². The summed E-state index contributed by atoms with van der Waals surface area (Å²) >= 11 is 0. The average Bonchev–Trinajstić information content (AvgIpc) is 2.74. The van der Waals surface area contributed by atoms with E-state index in [4.69, 9.17) is 19.5 Å². The molecule has 0 spiro atoms. The van der Waals surface area contributed by atoms with Crippen molar-refractivity contribution >= 4 is 16.0 Å². The van der Waals surface area contributed by atoms with Gasteiger partial charge in [0.05, 0.1) is 31.4 Å². The number of carbonyl (C=O) groups is 1. The molecule has 0 aliphatic carbocycles. The largest absolute Gasteiger partial charge is 0.495 e. The van der Waals surface area contributed by atoms with Gasteiger partial charge in [-0.05, 0) is 30.3 Å². The number of ether oxygens (including phenoxy) is 3. The first-order valence-electron chi connectivity index (χ1n) is 8.80. The number of carbonyl (C=O) groups excluding carboxylic acids is 1. The zero-order chi connectivity index (χ0) is 21.6. The van der Waals surface area contributed by atoms with Crippen LogP contribution in [0, 0.1) is 11.3 Å². The van der Waals surface area contributed by atoms with Crippen molar-refractivity contribution in [2.24, 2.45) is 0 Å². The highest BCUT2D eigenvalue weighted by Crippen LogP contribution is 2.31. The molecule has 0 aromatic heterocycles. The number of methoxy groups -OCH3 is 2. The smallest absolute Gasteiger partial charge is 0.343 e. The summed E-state index contributed by atoms with van der Waals surface area (Å²) in [6.45, 7) is 4.00. The Morgan fingerprint density at radius 1 is 1.00 bits per heavy atom. The minimum absolute atomic E-state index is 0.0305. The molecule has 0 fully saturated rings. The first-order chi connectivity index (χ1) is 13.8. The molecule has 9 heteroatoms. The van der Waals surface area contributed by atoms with Gasteiger partial charge in [-0.1, -0.05) is 13.8 Å². The molecule has 0 bridgehead atoms. The van der Waals surface area contributed by atoms with Gasteiger partial charge in [0, 0.05) is 19.2 Å². The number of rotatable bonds is 8. The normalized spacial score (nSPS) is 11.0. The lowest BCUT2D eigenvalue weighted by atomic mass is 10.2. The summed E-state index contributed by atoms with van der Waals surface area (Å²) in [6, 6.07) is 10.4. The first-order valence-corrected chi connectivity index (χ1v) is 10.2. The fourth-order valence-corrected chi connectivity index (χ4v) is 4.33. The Bertz CT molecular complexity index is 1040. The van der Waals surface area contributed by atoms with Crippen molar-refractivity contribution in [1.82, 2.24) is 4.31 Å². The molecule has 0 radical (unpaired) electrons. The van der Waals surface area contributed by atoms with Crippen molar-refractivity contribution in [2.45, 2.75) is 18.7 Å². The number of esters is 1. The Balaban J connectivity index is 2.44. The van der Waals surface area contributed by atoms with Crippen molar-refractivity contribution in [2.75, 3.05) is 27.3 Å². The first kappa shape index (κ1) is 22.2. The Hall–Kier alpha value is -3.09. The van der Waals surface area contributed by atoms with Gasteiger partial charge >= 0.3 is 5.97 Å². The third kappa shape index (κ3) is 4.67. The molecule has 0 aliphatic heterocycles. The summed E-state index contributed by atoms with van der Waals surface area (Å²) < 4.78 is 42.8. The summed E-state index contributed by atoms with van der Waals surface area (Å²) in [4.78, 5) is 12.5. The van der Waals surface area contributed by atoms with Crippen LogP contribution in [0.5, 0.6) is 17.2 Å². The zero-order valence-electron chi connectivity index (χ0n) is 16.6. The van der Waals surface area contributed by atoms with Gasteiger partial charge in [-0.3, -0.25) is 0 Å². The summed E-state index contributed by atoms with van der Waals surface area (Å²) in [5.41, 5.74) is 0.377. The van der Waals surface area contributed by atoms with Gasteiger partial charge in [-0.2, -0.15) is 9.57 Å². The van der Waals surface area contributed by atoms with Gasteiger partial charge in [-0.15, -0.1) is 0 Å². The highest BCUT2D eigenvalue weighted by Gasteiger charge is 2.27. The molecular weight excluding hydrogens is 396 g/mol. The maximum Gasteiger partial charge on any atom is 0.343 e. The number of nitrogens with zero attached hydrogens (tertiary/aromatic N) is 2. The van der Waals surface area contributed by atoms with E-state index in [9.17, 15) is 13.2 Å². The third-order valence-electron chi connectivity index (χ3n) is 4.22. The lowest BCUT2D eigenvalue weighted by Crippen LogP contribution is -2.31. The van der Waals surface area contributed by atoms with E-state index in [0.717, 1.165) is 0 Å². The lowest BCUT2D eigenvalue weighted by Gasteiger charge is -2.20. The Morgan fingerprint density at radius 2 is 1.62 bits per heavy atom. The molecule has 0 N–H and O–H groups in total. The lowest BCUT2D eigenvalue weighted by molar-refractivity contribution is 0.0729. The number of benzene rings is 2. The van der Waals surface area contributed by atoms with Crippen LogP contribution < -0.4 is 14.2 Å². The highest BCUT2D eigenvalue weighted by atomic mass is 32.2. The maximum absolute atomic E-state index is 12.9. The minimum atomic E-state index is -3.85. The molecule has 29 heavy (non-hydrogen) atoms. The van der Waals surface area contributed by atoms with Crippen LogP contribution in [0.3, 0.4) is 0 Å². The van der Waals surface area contributed by atoms with E-state index in [1.165, 1.54) is 54.9 Å². The minimum Gasteiger partial charge on any atom is -0.495 e. The second-order valence-corrected chi connectivity index (χ2v) is 7.73. The molecular formula is C20H22N2O6S. The SMILES string of the molecule is CCN(CC)S(=O)(=O)c1cc(C(=O)Oc2ccc(C#N)cc2OC)ccc1OC. The van der Waals surface area contributed by atoms with Gasteiger partial charge < -0.3 is 14.2 Å². The van der Waals surface area contributed by atoms with Crippen molar-refractivity contribution < 1.29 is 27.4 Å². The molecule has 0 atom stereocenters. The number of hydrogen-bond donors (Lipinski definition) is 0. The van der Waals surface area contributed by atoms with Crippen LogP contribution in [0.15, 0.2) is 41.3 Å². The summed E-state index contributed by atoms with van der Waals surface area (Å²) in [6.07, 6.45) is 0. The third-order valence-corrected chi connectivity index (χ3v) is 6.29. The van der Waals surface area contributed by atoms with Gasteiger partial charge in [0.2, 0.25) is 10.0 Å². The summed E-state index contributed by atoms with van der Waals surface area (Å²) in [5.74, 6) is -0.321. The monoisotopic (exact) mass is 418 g/mol. The number of sulfonamides is 1. The fourth-order valence-electron chi connectivity index (χ4n) is 2.69. The fraction of sp³-hybridized carbons (Fsp3) is 0.300. The second-order valence-electron chi connectivity index (χ2n) is 5.82. The van der Waals surface area contributed by atoms with E-state index in [1.54, 1.807) is 13.8 Å².